The topological polar surface area (TPSA) is 73.9 Å². The minimum atomic E-state index is -0.810. The average Bonchev–Trinajstić information content (AvgIpc) is 2.54. The van der Waals surface area contributed by atoms with Gasteiger partial charge < -0.3 is 25.1 Å². The molecule has 21 heavy (non-hydrogen) atoms. The number of methoxy groups -OCH3 is 2. The quantitative estimate of drug-likeness (QED) is 0.871. The fraction of sp³-hybridized carbons (Fsp3) is 0.600. The van der Waals surface area contributed by atoms with Crippen LogP contribution in [-0.2, 0) is 4.74 Å². The number of rotatable bonds is 5. The summed E-state index contributed by atoms with van der Waals surface area (Å²) in [5.74, 6) is 0.944. The molecule has 1 aliphatic heterocycles. The van der Waals surface area contributed by atoms with Crippen molar-refractivity contribution >= 4 is 11.6 Å². The molecule has 0 amide bonds. The molecule has 1 aliphatic rings. The average molecular weight is 316 g/mol. The normalized spacial score (nSPS) is 23.7. The van der Waals surface area contributed by atoms with Crippen molar-refractivity contribution in [1.29, 1.82) is 0 Å². The van der Waals surface area contributed by atoms with Crippen molar-refractivity contribution in [3.8, 4) is 11.5 Å². The molecule has 1 aromatic rings. The van der Waals surface area contributed by atoms with Gasteiger partial charge in [0.2, 0.25) is 0 Å². The molecular weight excluding hydrogens is 294 g/mol. The second-order valence-electron chi connectivity index (χ2n) is 5.33. The molecule has 3 N–H and O–H groups in total. The molecule has 2 rings (SSSR count). The summed E-state index contributed by atoms with van der Waals surface area (Å²) >= 11 is 6.38. The van der Waals surface area contributed by atoms with E-state index >= 15 is 0 Å². The number of ether oxygens (including phenoxy) is 3. The fourth-order valence-electron chi connectivity index (χ4n) is 2.81. The summed E-state index contributed by atoms with van der Waals surface area (Å²) in [6.07, 6.45) is 0.865. The Kier molecular flexibility index (Phi) is 5.32. The zero-order chi connectivity index (χ0) is 15.5. The van der Waals surface area contributed by atoms with Crippen LogP contribution >= 0.6 is 11.6 Å². The van der Waals surface area contributed by atoms with Crippen LogP contribution in [0.1, 0.15) is 24.5 Å². The lowest BCUT2D eigenvalue weighted by molar-refractivity contribution is -0.0782. The van der Waals surface area contributed by atoms with Gasteiger partial charge in [0.25, 0.3) is 0 Å². The summed E-state index contributed by atoms with van der Waals surface area (Å²) in [5, 5.41) is 11.2. The van der Waals surface area contributed by atoms with E-state index in [0.717, 1.165) is 12.8 Å². The second-order valence-corrected chi connectivity index (χ2v) is 5.71. The molecule has 1 heterocycles. The van der Waals surface area contributed by atoms with E-state index in [1.807, 2.05) is 0 Å². The Balaban J connectivity index is 2.40. The van der Waals surface area contributed by atoms with E-state index in [-0.39, 0.29) is 0 Å². The van der Waals surface area contributed by atoms with E-state index in [9.17, 15) is 5.11 Å². The van der Waals surface area contributed by atoms with E-state index < -0.39 is 11.5 Å². The molecular formula is C15H22ClNO4. The molecule has 1 saturated heterocycles. The Bertz CT molecular complexity index is 489. The molecule has 5 nitrogen and oxygen atoms in total. The molecule has 6 heteroatoms. The Labute approximate surface area is 129 Å². The zero-order valence-electron chi connectivity index (χ0n) is 12.4. The van der Waals surface area contributed by atoms with Crippen LogP contribution in [0.4, 0.5) is 0 Å². The SMILES string of the molecule is COc1ccc(C(O)C2(CN)CCCOC2)c(Cl)c1OC. The molecule has 1 aromatic carbocycles. The lowest BCUT2D eigenvalue weighted by Crippen LogP contribution is -2.43. The van der Waals surface area contributed by atoms with Crippen LogP contribution < -0.4 is 15.2 Å². The van der Waals surface area contributed by atoms with Crippen LogP contribution in [0.15, 0.2) is 12.1 Å². The third kappa shape index (κ3) is 2.97. The van der Waals surface area contributed by atoms with Gasteiger partial charge in [0.15, 0.2) is 11.5 Å². The van der Waals surface area contributed by atoms with E-state index in [1.165, 1.54) is 7.11 Å². The van der Waals surface area contributed by atoms with Gasteiger partial charge >= 0.3 is 0 Å². The molecule has 0 bridgehead atoms. The van der Waals surface area contributed by atoms with E-state index in [2.05, 4.69) is 0 Å². The number of hydrogen-bond donors (Lipinski definition) is 2. The zero-order valence-corrected chi connectivity index (χ0v) is 13.2. The number of halogens is 1. The monoisotopic (exact) mass is 315 g/mol. The van der Waals surface area contributed by atoms with E-state index in [1.54, 1.807) is 19.2 Å². The van der Waals surface area contributed by atoms with Gasteiger partial charge in [-0.05, 0) is 18.9 Å². The number of hydrogen-bond acceptors (Lipinski definition) is 5. The van der Waals surface area contributed by atoms with Crippen molar-refractivity contribution in [3.63, 3.8) is 0 Å². The first kappa shape index (κ1) is 16.4. The smallest absolute Gasteiger partial charge is 0.179 e. The minimum absolute atomic E-state index is 0.332. The number of benzene rings is 1. The largest absolute Gasteiger partial charge is 0.493 e. The van der Waals surface area contributed by atoms with Gasteiger partial charge in [0.1, 0.15) is 0 Å². The highest BCUT2D eigenvalue weighted by Gasteiger charge is 2.41. The van der Waals surface area contributed by atoms with Crippen LogP contribution in [0.25, 0.3) is 0 Å². The van der Waals surface area contributed by atoms with Crippen molar-refractivity contribution in [1.82, 2.24) is 0 Å². The van der Waals surface area contributed by atoms with Crippen LogP contribution in [0.3, 0.4) is 0 Å². The van der Waals surface area contributed by atoms with Gasteiger partial charge in [0, 0.05) is 24.1 Å². The fourth-order valence-corrected chi connectivity index (χ4v) is 3.14. The van der Waals surface area contributed by atoms with Crippen LogP contribution in [0.2, 0.25) is 5.02 Å². The summed E-state index contributed by atoms with van der Waals surface area (Å²) < 4.78 is 16.0. The van der Waals surface area contributed by atoms with Crippen LogP contribution in [-0.4, -0.2) is 39.1 Å². The van der Waals surface area contributed by atoms with Gasteiger partial charge in [-0.2, -0.15) is 0 Å². The summed E-state index contributed by atoms with van der Waals surface area (Å²) in [5.41, 5.74) is 5.99. The summed E-state index contributed by atoms with van der Waals surface area (Å²) in [7, 11) is 3.06. The lowest BCUT2D eigenvalue weighted by Gasteiger charge is -2.40. The summed E-state index contributed by atoms with van der Waals surface area (Å²) in [4.78, 5) is 0. The Hall–Kier alpha value is -1.01. The maximum absolute atomic E-state index is 10.8. The van der Waals surface area contributed by atoms with Crippen molar-refractivity contribution < 1.29 is 19.3 Å². The molecule has 118 valence electrons. The lowest BCUT2D eigenvalue weighted by atomic mass is 9.75. The Morgan fingerprint density at radius 2 is 2.19 bits per heavy atom. The third-order valence-electron chi connectivity index (χ3n) is 4.15. The molecule has 1 fully saturated rings. The van der Waals surface area contributed by atoms with Gasteiger partial charge in [-0.25, -0.2) is 0 Å². The molecule has 0 radical (unpaired) electrons. The number of nitrogens with two attached hydrogens (primary N) is 1. The van der Waals surface area contributed by atoms with Crippen LogP contribution in [0.5, 0.6) is 11.5 Å². The standard InChI is InChI=1S/C15H22ClNO4/c1-19-11-5-4-10(12(16)13(11)20-2)14(18)15(8-17)6-3-7-21-9-15/h4-5,14,18H,3,6-9,17H2,1-2H3. The van der Waals surface area contributed by atoms with Crippen LogP contribution in [0, 0.1) is 5.41 Å². The Morgan fingerprint density at radius 3 is 2.71 bits per heavy atom. The molecule has 2 unspecified atom stereocenters. The first-order chi connectivity index (χ1) is 10.1. The highest BCUT2D eigenvalue weighted by Crippen LogP contribution is 2.46. The number of aliphatic hydroxyl groups excluding tert-OH is 1. The second kappa shape index (κ2) is 6.83. The first-order valence-corrected chi connectivity index (χ1v) is 7.33. The number of aliphatic hydroxyl groups is 1. The third-order valence-corrected chi connectivity index (χ3v) is 4.54. The maximum Gasteiger partial charge on any atom is 0.179 e. The van der Waals surface area contributed by atoms with Gasteiger partial charge in [-0.1, -0.05) is 17.7 Å². The first-order valence-electron chi connectivity index (χ1n) is 6.96. The predicted octanol–water partition coefficient (Wildman–Crippen LogP) is 2.15. The Morgan fingerprint density at radius 1 is 1.43 bits per heavy atom. The molecule has 0 saturated carbocycles. The molecule has 0 aliphatic carbocycles. The van der Waals surface area contributed by atoms with E-state index in [4.69, 9.17) is 31.5 Å². The summed E-state index contributed by atoms with van der Waals surface area (Å²) in [6.45, 7) is 1.46. The molecule has 0 spiro atoms. The minimum Gasteiger partial charge on any atom is -0.493 e. The van der Waals surface area contributed by atoms with Crippen molar-refractivity contribution in [3.05, 3.63) is 22.7 Å². The summed E-state index contributed by atoms with van der Waals surface area (Å²) in [6, 6.07) is 3.48. The molecule has 2 atom stereocenters. The van der Waals surface area contributed by atoms with Crippen molar-refractivity contribution in [2.45, 2.75) is 18.9 Å². The van der Waals surface area contributed by atoms with Gasteiger partial charge in [0.05, 0.1) is 32.0 Å². The molecule has 0 aromatic heterocycles. The van der Waals surface area contributed by atoms with Crippen molar-refractivity contribution in [2.24, 2.45) is 11.1 Å². The highest BCUT2D eigenvalue weighted by molar-refractivity contribution is 6.33. The van der Waals surface area contributed by atoms with Gasteiger partial charge in [-0.15, -0.1) is 0 Å². The predicted molar refractivity (Wildman–Crippen MR) is 81.1 cm³/mol. The highest BCUT2D eigenvalue weighted by atomic mass is 35.5. The maximum atomic E-state index is 10.8. The van der Waals surface area contributed by atoms with E-state index in [0.29, 0.717) is 41.8 Å². The van der Waals surface area contributed by atoms with Crippen molar-refractivity contribution in [2.75, 3.05) is 34.0 Å². The van der Waals surface area contributed by atoms with Gasteiger partial charge in [-0.3, -0.25) is 0 Å².